The molecule has 6 heteroatoms. The molecule has 1 aromatic carbocycles. The Kier molecular flexibility index (Phi) is 5.37. The maximum atomic E-state index is 13.6. The third kappa shape index (κ3) is 3.48. The molecular formula is C22H23BrN2OS2. The van der Waals surface area contributed by atoms with Gasteiger partial charge in [-0.2, -0.15) is 0 Å². The van der Waals surface area contributed by atoms with Crippen LogP contribution in [0.4, 0.5) is 0 Å². The van der Waals surface area contributed by atoms with Crippen LogP contribution in [0, 0.1) is 0 Å². The monoisotopic (exact) mass is 474 g/mol. The van der Waals surface area contributed by atoms with Crippen LogP contribution in [0.3, 0.4) is 0 Å². The van der Waals surface area contributed by atoms with Gasteiger partial charge in [-0.1, -0.05) is 59.1 Å². The fourth-order valence-corrected chi connectivity index (χ4v) is 7.12. The zero-order valence-electron chi connectivity index (χ0n) is 15.7. The molecule has 3 nitrogen and oxygen atoms in total. The van der Waals surface area contributed by atoms with Crippen LogP contribution in [0.5, 0.6) is 0 Å². The lowest BCUT2D eigenvalue weighted by Crippen LogP contribution is -2.29. The summed E-state index contributed by atoms with van der Waals surface area (Å²) in [6.07, 6.45) is 9.26. The summed E-state index contributed by atoms with van der Waals surface area (Å²) in [5.41, 5.74) is 2.77. The van der Waals surface area contributed by atoms with Crippen LogP contribution in [0.25, 0.3) is 10.2 Å². The molecule has 2 aromatic heterocycles. The minimum Gasteiger partial charge on any atom is -0.284 e. The number of benzene rings is 1. The molecule has 0 N–H and O–H groups in total. The first-order valence-electron chi connectivity index (χ1n) is 10.1. The number of hydrogen-bond acceptors (Lipinski definition) is 4. The van der Waals surface area contributed by atoms with Gasteiger partial charge in [0.15, 0.2) is 5.16 Å². The molecule has 0 unspecified atom stereocenters. The normalized spacial score (nSPS) is 17.3. The summed E-state index contributed by atoms with van der Waals surface area (Å²) in [6, 6.07) is 8.73. The van der Waals surface area contributed by atoms with E-state index < -0.39 is 0 Å². The van der Waals surface area contributed by atoms with Gasteiger partial charge in [0.05, 0.1) is 5.39 Å². The van der Waals surface area contributed by atoms with Crippen molar-refractivity contribution in [2.45, 2.75) is 68.3 Å². The second kappa shape index (κ2) is 7.96. The molecule has 0 atom stereocenters. The van der Waals surface area contributed by atoms with E-state index in [9.17, 15) is 4.79 Å². The number of halogens is 1. The van der Waals surface area contributed by atoms with Gasteiger partial charge in [-0.05, 0) is 55.4 Å². The first kappa shape index (κ1) is 18.9. The smallest absolute Gasteiger partial charge is 0.263 e. The summed E-state index contributed by atoms with van der Waals surface area (Å²) < 4.78 is 3.16. The van der Waals surface area contributed by atoms with Gasteiger partial charge < -0.3 is 0 Å². The van der Waals surface area contributed by atoms with E-state index in [4.69, 9.17) is 4.98 Å². The quantitative estimate of drug-likeness (QED) is 0.319. The Morgan fingerprint density at radius 1 is 1.11 bits per heavy atom. The van der Waals surface area contributed by atoms with Gasteiger partial charge in [-0.15, -0.1) is 11.3 Å². The summed E-state index contributed by atoms with van der Waals surface area (Å²) >= 11 is 6.96. The van der Waals surface area contributed by atoms with E-state index in [1.54, 1.807) is 23.1 Å². The van der Waals surface area contributed by atoms with Gasteiger partial charge in [0.2, 0.25) is 0 Å². The molecule has 1 saturated carbocycles. The summed E-state index contributed by atoms with van der Waals surface area (Å²) in [4.78, 5) is 21.0. The molecule has 28 heavy (non-hydrogen) atoms. The second-order valence-electron chi connectivity index (χ2n) is 7.81. The van der Waals surface area contributed by atoms with Crippen LogP contribution in [0.2, 0.25) is 0 Å². The maximum Gasteiger partial charge on any atom is 0.263 e. The number of rotatable bonds is 4. The first-order valence-corrected chi connectivity index (χ1v) is 12.7. The highest BCUT2D eigenvalue weighted by atomic mass is 79.9. The van der Waals surface area contributed by atoms with Crippen LogP contribution in [0.15, 0.2) is 38.7 Å². The molecule has 2 heterocycles. The van der Waals surface area contributed by atoms with Gasteiger partial charge in [0, 0.05) is 21.1 Å². The van der Waals surface area contributed by atoms with Crippen molar-refractivity contribution in [3.05, 3.63) is 55.1 Å². The number of fused-ring (bicyclic) bond motifs is 3. The predicted molar refractivity (Wildman–Crippen MR) is 122 cm³/mol. The van der Waals surface area contributed by atoms with Gasteiger partial charge in [0.1, 0.15) is 4.83 Å². The number of aryl methyl sites for hydroxylation is 2. The second-order valence-corrected chi connectivity index (χ2v) is 10.8. The van der Waals surface area contributed by atoms with Gasteiger partial charge in [0.25, 0.3) is 5.56 Å². The number of thioether (sulfide) groups is 1. The van der Waals surface area contributed by atoms with Gasteiger partial charge in [-0.25, -0.2) is 4.98 Å². The fraction of sp³-hybridized carbons (Fsp3) is 0.455. The van der Waals surface area contributed by atoms with E-state index in [2.05, 4.69) is 44.8 Å². The lowest BCUT2D eigenvalue weighted by Gasteiger charge is -2.26. The lowest BCUT2D eigenvalue weighted by atomic mass is 9.95. The maximum absolute atomic E-state index is 13.6. The molecule has 2 aliphatic carbocycles. The zero-order chi connectivity index (χ0) is 19.1. The SMILES string of the molecule is O=c1c2c3c(sc2nc(SCc2ccc(Br)cc2)n1C1CCCCC1)CCC3. The highest BCUT2D eigenvalue weighted by molar-refractivity contribution is 9.10. The average molecular weight is 475 g/mol. The van der Waals surface area contributed by atoms with Crippen molar-refractivity contribution in [3.8, 4) is 0 Å². The van der Waals surface area contributed by atoms with E-state index in [-0.39, 0.29) is 5.56 Å². The summed E-state index contributed by atoms with van der Waals surface area (Å²) in [5, 5.41) is 1.84. The molecule has 3 aromatic rings. The Hall–Kier alpha value is -1.11. The molecule has 5 rings (SSSR count). The molecule has 0 bridgehead atoms. The van der Waals surface area contributed by atoms with E-state index >= 15 is 0 Å². The first-order chi connectivity index (χ1) is 13.7. The summed E-state index contributed by atoms with van der Waals surface area (Å²) in [6.45, 7) is 0. The van der Waals surface area contributed by atoms with E-state index in [1.165, 1.54) is 41.7 Å². The Labute approximate surface area is 181 Å². The van der Waals surface area contributed by atoms with Crippen molar-refractivity contribution in [1.82, 2.24) is 9.55 Å². The molecule has 1 fully saturated rings. The van der Waals surface area contributed by atoms with Crippen molar-refractivity contribution in [1.29, 1.82) is 0 Å². The third-order valence-corrected chi connectivity index (χ3v) is 8.70. The minimum absolute atomic E-state index is 0.217. The van der Waals surface area contributed by atoms with Crippen LogP contribution in [-0.2, 0) is 18.6 Å². The van der Waals surface area contributed by atoms with Crippen LogP contribution in [0.1, 0.15) is 60.6 Å². The van der Waals surface area contributed by atoms with Crippen molar-refractivity contribution in [3.63, 3.8) is 0 Å². The van der Waals surface area contributed by atoms with Gasteiger partial charge in [-0.3, -0.25) is 9.36 Å². The largest absolute Gasteiger partial charge is 0.284 e. The standard InChI is InChI=1S/C22H23BrN2OS2/c23-15-11-9-14(10-12-15)13-27-22-24-20-19(17-7-4-8-18(17)28-20)21(26)25(22)16-5-2-1-3-6-16/h9-12,16H,1-8,13H2. The van der Waals surface area contributed by atoms with E-state index in [0.717, 1.165) is 51.3 Å². The highest BCUT2D eigenvalue weighted by Crippen LogP contribution is 2.38. The van der Waals surface area contributed by atoms with Crippen molar-refractivity contribution in [2.24, 2.45) is 0 Å². The fourth-order valence-electron chi connectivity index (χ4n) is 4.53. The third-order valence-electron chi connectivity index (χ3n) is 5.96. The van der Waals surface area contributed by atoms with Crippen molar-refractivity contribution in [2.75, 3.05) is 0 Å². The van der Waals surface area contributed by atoms with Crippen LogP contribution < -0.4 is 5.56 Å². The predicted octanol–water partition coefficient (Wildman–Crippen LogP) is 6.51. The Morgan fingerprint density at radius 2 is 1.89 bits per heavy atom. The van der Waals surface area contributed by atoms with Crippen molar-refractivity contribution < 1.29 is 0 Å². The van der Waals surface area contributed by atoms with Gasteiger partial charge >= 0.3 is 0 Å². The number of aromatic nitrogens is 2. The molecular weight excluding hydrogens is 452 g/mol. The topological polar surface area (TPSA) is 34.9 Å². The molecule has 0 spiro atoms. The zero-order valence-corrected chi connectivity index (χ0v) is 19.0. The number of thiophene rings is 1. The van der Waals surface area contributed by atoms with Crippen molar-refractivity contribution >= 4 is 49.2 Å². The summed E-state index contributed by atoms with van der Waals surface area (Å²) in [5.74, 6) is 0.836. The average Bonchev–Trinajstić information content (AvgIpc) is 3.29. The minimum atomic E-state index is 0.217. The van der Waals surface area contributed by atoms with Crippen LogP contribution in [-0.4, -0.2) is 9.55 Å². The summed E-state index contributed by atoms with van der Waals surface area (Å²) in [7, 11) is 0. The van der Waals surface area contributed by atoms with Crippen LogP contribution >= 0.6 is 39.0 Å². The Morgan fingerprint density at radius 3 is 2.68 bits per heavy atom. The number of nitrogens with zero attached hydrogens (tertiary/aromatic N) is 2. The highest BCUT2D eigenvalue weighted by Gasteiger charge is 2.26. The molecule has 0 radical (unpaired) electrons. The van der Waals surface area contributed by atoms with E-state index in [0.29, 0.717) is 6.04 Å². The molecule has 2 aliphatic rings. The molecule has 0 aliphatic heterocycles. The Bertz CT molecular complexity index is 1060. The lowest BCUT2D eigenvalue weighted by molar-refractivity contribution is 0.326. The molecule has 146 valence electrons. The van der Waals surface area contributed by atoms with E-state index in [1.807, 2.05) is 0 Å². The Balaban J connectivity index is 1.57. The molecule has 0 saturated heterocycles. The number of hydrogen-bond donors (Lipinski definition) is 0. The molecule has 0 amide bonds.